The summed E-state index contributed by atoms with van der Waals surface area (Å²) in [6, 6.07) is 11.7. The Morgan fingerprint density at radius 1 is 1.22 bits per heavy atom. The molecular formula is C21H18ClFN2O2. The molecule has 0 fully saturated rings. The maximum Gasteiger partial charge on any atom is 0.227 e. The maximum atomic E-state index is 13.0. The number of carbonyl (C=O) groups excluding carboxylic acids is 1. The molecule has 1 amide bonds. The maximum absolute atomic E-state index is 13.0. The van der Waals surface area contributed by atoms with Gasteiger partial charge in [0.1, 0.15) is 5.82 Å². The average Bonchev–Trinajstić information content (AvgIpc) is 3.15. The summed E-state index contributed by atoms with van der Waals surface area (Å²) in [6.45, 7) is 0.708. The minimum absolute atomic E-state index is 0.0415. The number of carbonyl (C=O) groups is 1. The number of aromatic nitrogens is 1. The van der Waals surface area contributed by atoms with E-state index in [0.717, 1.165) is 29.7 Å². The van der Waals surface area contributed by atoms with Gasteiger partial charge in [-0.25, -0.2) is 9.37 Å². The number of halogens is 2. The number of anilines is 1. The molecule has 27 heavy (non-hydrogen) atoms. The highest BCUT2D eigenvalue weighted by Gasteiger charge is 2.23. The van der Waals surface area contributed by atoms with Gasteiger partial charge in [0.15, 0.2) is 11.7 Å². The van der Waals surface area contributed by atoms with Gasteiger partial charge in [-0.2, -0.15) is 0 Å². The molecule has 0 saturated carbocycles. The summed E-state index contributed by atoms with van der Waals surface area (Å²) in [5.41, 5.74) is 2.80. The summed E-state index contributed by atoms with van der Waals surface area (Å²) in [5.74, 6) is 0.804. The third kappa shape index (κ3) is 3.88. The molecule has 0 unspecified atom stereocenters. The molecule has 0 atom stereocenters. The molecule has 0 radical (unpaired) electrons. The quantitative estimate of drug-likeness (QED) is 0.632. The molecule has 0 N–H and O–H groups in total. The van der Waals surface area contributed by atoms with E-state index in [2.05, 4.69) is 4.98 Å². The van der Waals surface area contributed by atoms with Gasteiger partial charge in [-0.05, 0) is 60.9 Å². The topological polar surface area (TPSA) is 46.3 Å². The van der Waals surface area contributed by atoms with Gasteiger partial charge in [-0.1, -0.05) is 11.6 Å². The molecule has 0 bridgehead atoms. The van der Waals surface area contributed by atoms with Crippen molar-refractivity contribution in [1.29, 1.82) is 0 Å². The lowest BCUT2D eigenvalue weighted by molar-refractivity contribution is -0.118. The Bertz CT molecular complexity index is 969. The summed E-state index contributed by atoms with van der Waals surface area (Å²) < 4.78 is 18.7. The van der Waals surface area contributed by atoms with Crippen molar-refractivity contribution in [1.82, 2.24) is 4.98 Å². The molecular weight excluding hydrogens is 367 g/mol. The number of hydrogen-bond acceptors (Lipinski definition) is 3. The Kier molecular flexibility index (Phi) is 4.94. The monoisotopic (exact) mass is 384 g/mol. The van der Waals surface area contributed by atoms with Crippen LogP contribution in [-0.2, 0) is 17.6 Å². The number of oxazole rings is 1. The van der Waals surface area contributed by atoms with Crippen LogP contribution in [0.15, 0.2) is 53.1 Å². The summed E-state index contributed by atoms with van der Waals surface area (Å²) in [6.07, 6.45) is 4.18. The number of nitrogens with zero attached hydrogens (tertiary/aromatic N) is 2. The van der Waals surface area contributed by atoms with E-state index in [-0.39, 0.29) is 11.7 Å². The highest BCUT2D eigenvalue weighted by atomic mass is 35.5. The van der Waals surface area contributed by atoms with Gasteiger partial charge in [0.05, 0.1) is 6.20 Å². The van der Waals surface area contributed by atoms with E-state index in [1.54, 1.807) is 18.3 Å². The van der Waals surface area contributed by atoms with Gasteiger partial charge in [0, 0.05) is 35.7 Å². The van der Waals surface area contributed by atoms with E-state index in [1.165, 1.54) is 12.1 Å². The predicted molar refractivity (Wildman–Crippen MR) is 102 cm³/mol. The van der Waals surface area contributed by atoms with Gasteiger partial charge in [0.25, 0.3) is 0 Å². The van der Waals surface area contributed by atoms with Gasteiger partial charge in [-0.3, -0.25) is 4.79 Å². The van der Waals surface area contributed by atoms with Crippen molar-refractivity contribution in [2.75, 3.05) is 11.4 Å². The van der Waals surface area contributed by atoms with Crippen molar-refractivity contribution in [3.63, 3.8) is 0 Å². The van der Waals surface area contributed by atoms with Gasteiger partial charge >= 0.3 is 0 Å². The molecule has 6 heteroatoms. The fraction of sp³-hybridized carbons (Fsp3) is 0.238. The summed E-state index contributed by atoms with van der Waals surface area (Å²) in [5, 5.41) is 0.691. The highest BCUT2D eigenvalue weighted by Crippen LogP contribution is 2.30. The molecule has 2 heterocycles. The lowest BCUT2D eigenvalue weighted by atomic mass is 10.0. The van der Waals surface area contributed by atoms with Crippen molar-refractivity contribution in [2.45, 2.75) is 25.7 Å². The standard InChI is InChI=1S/C21H18ClFN2O2/c22-16-5-8-18-15(12-16)2-1-11-25(18)21(26)10-9-20-24-13-19(27-20)14-3-6-17(23)7-4-14/h3-8,12-13H,1-2,9-11H2. The Hall–Kier alpha value is -2.66. The lowest BCUT2D eigenvalue weighted by Gasteiger charge is -2.29. The molecule has 4 rings (SSSR count). The van der Waals surface area contributed by atoms with E-state index in [9.17, 15) is 9.18 Å². The smallest absolute Gasteiger partial charge is 0.227 e. The van der Waals surface area contributed by atoms with Crippen LogP contribution in [0.5, 0.6) is 0 Å². The van der Waals surface area contributed by atoms with E-state index in [1.807, 2.05) is 23.1 Å². The Labute approximate surface area is 161 Å². The lowest BCUT2D eigenvalue weighted by Crippen LogP contribution is -2.35. The highest BCUT2D eigenvalue weighted by molar-refractivity contribution is 6.30. The van der Waals surface area contributed by atoms with Crippen LogP contribution in [0.2, 0.25) is 5.02 Å². The molecule has 2 aromatic carbocycles. The van der Waals surface area contributed by atoms with Gasteiger partial charge in [0.2, 0.25) is 5.91 Å². The third-order valence-corrected chi connectivity index (χ3v) is 4.93. The van der Waals surface area contributed by atoms with Crippen LogP contribution >= 0.6 is 11.6 Å². The van der Waals surface area contributed by atoms with Crippen molar-refractivity contribution < 1.29 is 13.6 Å². The Morgan fingerprint density at radius 2 is 2.04 bits per heavy atom. The van der Waals surface area contributed by atoms with Crippen molar-refractivity contribution in [3.8, 4) is 11.3 Å². The van der Waals surface area contributed by atoms with Crippen LogP contribution in [-0.4, -0.2) is 17.4 Å². The number of amides is 1. The minimum atomic E-state index is -0.299. The zero-order chi connectivity index (χ0) is 18.8. The van der Waals surface area contributed by atoms with Crippen molar-refractivity contribution in [3.05, 3.63) is 71.0 Å². The fourth-order valence-electron chi connectivity index (χ4n) is 3.35. The van der Waals surface area contributed by atoms with Crippen LogP contribution in [0.4, 0.5) is 10.1 Å². The van der Waals surface area contributed by atoms with Gasteiger partial charge in [-0.15, -0.1) is 0 Å². The van der Waals surface area contributed by atoms with E-state index < -0.39 is 0 Å². The van der Waals surface area contributed by atoms with Crippen molar-refractivity contribution >= 4 is 23.2 Å². The van der Waals surface area contributed by atoms with Crippen LogP contribution < -0.4 is 4.90 Å². The van der Waals surface area contributed by atoms with Gasteiger partial charge < -0.3 is 9.32 Å². The predicted octanol–water partition coefficient (Wildman–Crippen LogP) is 5.05. The molecule has 4 nitrogen and oxygen atoms in total. The summed E-state index contributed by atoms with van der Waals surface area (Å²) in [7, 11) is 0. The first-order valence-corrected chi connectivity index (χ1v) is 9.27. The van der Waals surface area contributed by atoms with E-state index >= 15 is 0 Å². The normalized spacial score (nSPS) is 13.5. The Morgan fingerprint density at radius 3 is 2.85 bits per heavy atom. The second kappa shape index (κ2) is 7.53. The number of rotatable bonds is 4. The first-order chi connectivity index (χ1) is 13.1. The first kappa shape index (κ1) is 17.7. The average molecular weight is 385 g/mol. The number of fused-ring (bicyclic) bond motifs is 1. The molecule has 3 aromatic rings. The second-order valence-corrected chi connectivity index (χ2v) is 6.98. The minimum Gasteiger partial charge on any atom is -0.441 e. The third-order valence-electron chi connectivity index (χ3n) is 4.70. The molecule has 138 valence electrons. The second-order valence-electron chi connectivity index (χ2n) is 6.55. The van der Waals surface area contributed by atoms with Crippen LogP contribution in [0.25, 0.3) is 11.3 Å². The number of benzene rings is 2. The van der Waals surface area contributed by atoms with E-state index in [4.69, 9.17) is 16.0 Å². The molecule has 0 spiro atoms. The Balaban J connectivity index is 1.43. The van der Waals surface area contributed by atoms with Crippen LogP contribution in [0.1, 0.15) is 24.3 Å². The van der Waals surface area contributed by atoms with E-state index in [0.29, 0.717) is 36.1 Å². The summed E-state index contributed by atoms with van der Waals surface area (Å²) >= 11 is 6.06. The fourth-order valence-corrected chi connectivity index (χ4v) is 3.54. The molecule has 0 saturated heterocycles. The number of hydrogen-bond donors (Lipinski definition) is 0. The molecule has 1 aliphatic heterocycles. The first-order valence-electron chi connectivity index (χ1n) is 8.89. The molecule has 1 aliphatic rings. The van der Waals surface area contributed by atoms with Crippen LogP contribution in [0, 0.1) is 5.82 Å². The SMILES string of the molecule is O=C(CCc1ncc(-c2ccc(F)cc2)o1)N1CCCc2cc(Cl)ccc21. The largest absolute Gasteiger partial charge is 0.441 e. The molecule has 1 aromatic heterocycles. The zero-order valence-corrected chi connectivity index (χ0v) is 15.4. The molecule has 0 aliphatic carbocycles. The number of aryl methyl sites for hydroxylation is 2. The van der Waals surface area contributed by atoms with Crippen LogP contribution in [0.3, 0.4) is 0 Å². The zero-order valence-electron chi connectivity index (χ0n) is 14.6. The summed E-state index contributed by atoms with van der Waals surface area (Å²) in [4.78, 5) is 18.8. The van der Waals surface area contributed by atoms with Crippen molar-refractivity contribution in [2.24, 2.45) is 0 Å².